The summed E-state index contributed by atoms with van der Waals surface area (Å²) in [6.45, 7) is 0.806. The molecule has 1 fully saturated rings. The predicted molar refractivity (Wildman–Crippen MR) is 172 cm³/mol. The average molecular weight is 636 g/mol. The maximum atomic E-state index is 12.6. The summed E-state index contributed by atoms with van der Waals surface area (Å²) in [5.74, 6) is -0.413. The first kappa shape index (κ1) is 35.0. The second-order valence-corrected chi connectivity index (χ2v) is 11.8. The summed E-state index contributed by atoms with van der Waals surface area (Å²) in [7, 11) is 1.91. The maximum absolute atomic E-state index is 12.6. The number of aliphatic hydroxyl groups excluding tert-OH is 2. The number of rotatable bonds is 16. The van der Waals surface area contributed by atoms with Gasteiger partial charge in [-0.15, -0.1) is 0 Å². The van der Waals surface area contributed by atoms with E-state index in [-0.39, 0.29) is 36.9 Å². The van der Waals surface area contributed by atoms with E-state index >= 15 is 0 Å². The second kappa shape index (κ2) is 17.7. The van der Waals surface area contributed by atoms with Gasteiger partial charge in [0.05, 0.1) is 24.9 Å². The van der Waals surface area contributed by atoms with Gasteiger partial charge in [-0.1, -0.05) is 61.4 Å². The second-order valence-electron chi connectivity index (χ2n) is 11.8. The van der Waals surface area contributed by atoms with Crippen molar-refractivity contribution >= 4 is 17.5 Å². The Hall–Kier alpha value is -3.84. The molecule has 6 N–H and O–H groups in total. The van der Waals surface area contributed by atoms with Crippen molar-refractivity contribution in [2.24, 2.45) is 0 Å². The Morgan fingerprint density at radius 3 is 2.33 bits per heavy atom. The van der Waals surface area contributed by atoms with Crippen LogP contribution in [0.2, 0.25) is 0 Å². The molecule has 0 radical (unpaired) electrons. The molecule has 1 heterocycles. The number of phenolic OH excluding ortho intramolecular Hbond substituents is 1. The van der Waals surface area contributed by atoms with E-state index in [9.17, 15) is 24.9 Å². The first-order valence-corrected chi connectivity index (χ1v) is 15.7. The number of carbonyl (C=O) groups is 2. The molecule has 11 heteroatoms. The highest BCUT2D eigenvalue weighted by Crippen LogP contribution is 2.38. The molecule has 4 unspecified atom stereocenters. The maximum Gasteiger partial charge on any atom is 0.243 e. The number of aromatic hydroxyl groups is 1. The number of likely N-dealkylation sites (N-methyl/N-ethyl adjacent to an activating group) is 1. The highest BCUT2D eigenvalue weighted by atomic mass is 16.7. The van der Waals surface area contributed by atoms with Crippen LogP contribution in [0.3, 0.4) is 0 Å². The van der Waals surface area contributed by atoms with E-state index < -0.39 is 18.3 Å². The minimum Gasteiger partial charge on any atom is -0.508 e. The Kier molecular flexibility index (Phi) is 13.5. The third-order valence-corrected chi connectivity index (χ3v) is 7.99. The van der Waals surface area contributed by atoms with Crippen molar-refractivity contribution < 1.29 is 39.6 Å². The molecule has 2 amide bonds. The summed E-state index contributed by atoms with van der Waals surface area (Å²) in [6.07, 6.45) is 2.08. The van der Waals surface area contributed by atoms with Crippen LogP contribution in [0.15, 0.2) is 72.8 Å². The molecule has 0 aromatic heterocycles. The van der Waals surface area contributed by atoms with E-state index in [1.807, 2.05) is 60.5 Å². The summed E-state index contributed by atoms with van der Waals surface area (Å²) in [5.41, 5.74) is 5.40. The lowest BCUT2D eigenvalue weighted by Gasteiger charge is -2.38. The van der Waals surface area contributed by atoms with E-state index in [0.717, 1.165) is 29.5 Å². The molecule has 0 spiro atoms. The first-order chi connectivity index (χ1) is 22.2. The summed E-state index contributed by atoms with van der Waals surface area (Å²) >= 11 is 0. The van der Waals surface area contributed by atoms with Gasteiger partial charge in [-0.2, -0.15) is 0 Å². The van der Waals surface area contributed by atoms with Crippen molar-refractivity contribution in [2.75, 3.05) is 25.5 Å². The van der Waals surface area contributed by atoms with Gasteiger partial charge in [0, 0.05) is 43.6 Å². The zero-order valence-corrected chi connectivity index (χ0v) is 26.2. The highest BCUT2D eigenvalue weighted by molar-refractivity contribution is 5.90. The zero-order chi connectivity index (χ0) is 32.9. The molecule has 0 bridgehead atoms. The lowest BCUT2D eigenvalue weighted by atomic mass is 9.99. The third kappa shape index (κ3) is 10.9. The summed E-state index contributed by atoms with van der Waals surface area (Å²) < 4.78 is 12.9. The monoisotopic (exact) mass is 635 g/mol. The fourth-order valence-electron chi connectivity index (χ4n) is 5.55. The van der Waals surface area contributed by atoms with Gasteiger partial charge in [-0.05, 0) is 60.8 Å². The molecule has 11 nitrogen and oxygen atoms in total. The van der Waals surface area contributed by atoms with E-state index in [2.05, 4.69) is 5.32 Å². The van der Waals surface area contributed by atoms with E-state index in [1.165, 1.54) is 0 Å². The number of ether oxygens (including phenoxy) is 2. The summed E-state index contributed by atoms with van der Waals surface area (Å²) in [6, 6.07) is 21.6. The molecule has 1 aliphatic heterocycles. The molecule has 1 aliphatic rings. The Morgan fingerprint density at radius 2 is 1.63 bits per heavy atom. The van der Waals surface area contributed by atoms with Gasteiger partial charge in [0.25, 0.3) is 0 Å². The SMILES string of the molecule is CN(CC1CC(c2ccc(CO)cc2)OC(c2cccc(NC(=O)CCCCCCC(=O)NO)c2)O1)CC(O)c1cccc(O)c1. The lowest BCUT2D eigenvalue weighted by Crippen LogP contribution is -2.39. The van der Waals surface area contributed by atoms with Gasteiger partial charge in [-0.25, -0.2) is 5.48 Å². The Labute approximate surface area is 269 Å². The molecule has 0 saturated carbocycles. The van der Waals surface area contributed by atoms with Crippen molar-refractivity contribution in [1.82, 2.24) is 10.4 Å². The molecular weight excluding hydrogens is 590 g/mol. The number of phenols is 1. The van der Waals surface area contributed by atoms with Crippen molar-refractivity contribution in [2.45, 2.75) is 76.2 Å². The molecular formula is C35H45N3O8. The molecule has 0 aliphatic carbocycles. The number of benzene rings is 3. The summed E-state index contributed by atoms with van der Waals surface area (Å²) in [4.78, 5) is 25.7. The third-order valence-electron chi connectivity index (χ3n) is 7.99. The van der Waals surface area contributed by atoms with Crippen LogP contribution in [0.5, 0.6) is 5.75 Å². The largest absolute Gasteiger partial charge is 0.508 e. The van der Waals surface area contributed by atoms with E-state index in [4.69, 9.17) is 14.7 Å². The minimum absolute atomic E-state index is 0.0473. The predicted octanol–water partition coefficient (Wildman–Crippen LogP) is 4.88. The van der Waals surface area contributed by atoms with Crippen molar-refractivity contribution in [3.8, 4) is 5.75 Å². The van der Waals surface area contributed by atoms with Crippen molar-refractivity contribution in [3.63, 3.8) is 0 Å². The van der Waals surface area contributed by atoms with Crippen LogP contribution < -0.4 is 10.8 Å². The topological polar surface area (TPSA) is 161 Å². The highest BCUT2D eigenvalue weighted by Gasteiger charge is 2.33. The van der Waals surface area contributed by atoms with Crippen LogP contribution >= 0.6 is 0 Å². The minimum atomic E-state index is -0.789. The molecule has 248 valence electrons. The normalized spacial score (nSPS) is 18.7. The number of carbonyl (C=O) groups excluding carboxylic acids is 2. The number of hydrogen-bond acceptors (Lipinski definition) is 9. The average Bonchev–Trinajstić information content (AvgIpc) is 3.06. The number of aliphatic hydroxyl groups is 2. The van der Waals surface area contributed by atoms with Crippen LogP contribution in [0, 0.1) is 0 Å². The van der Waals surface area contributed by atoms with Crippen LogP contribution in [-0.2, 0) is 25.7 Å². The van der Waals surface area contributed by atoms with Gasteiger partial charge in [0.1, 0.15) is 5.75 Å². The number of nitrogens with one attached hydrogen (secondary N) is 2. The fraction of sp³-hybridized carbons (Fsp3) is 0.429. The summed E-state index contributed by atoms with van der Waals surface area (Å²) in [5, 5.41) is 41.6. The Morgan fingerprint density at radius 1 is 0.913 bits per heavy atom. The van der Waals surface area contributed by atoms with Crippen LogP contribution in [0.1, 0.15) is 85.7 Å². The molecule has 46 heavy (non-hydrogen) atoms. The molecule has 3 aromatic carbocycles. The van der Waals surface area contributed by atoms with Gasteiger partial charge in [0.2, 0.25) is 11.8 Å². The number of unbranched alkanes of at least 4 members (excludes halogenated alkanes) is 3. The van der Waals surface area contributed by atoms with E-state index in [0.29, 0.717) is 50.0 Å². The van der Waals surface area contributed by atoms with E-state index in [1.54, 1.807) is 29.7 Å². The quantitative estimate of drug-likeness (QED) is 0.0732. The number of hydrogen-bond donors (Lipinski definition) is 6. The van der Waals surface area contributed by atoms with Crippen LogP contribution in [0.25, 0.3) is 0 Å². The van der Waals surface area contributed by atoms with Crippen LogP contribution in [-0.4, -0.2) is 63.5 Å². The lowest BCUT2D eigenvalue weighted by molar-refractivity contribution is -0.252. The first-order valence-electron chi connectivity index (χ1n) is 15.7. The van der Waals surface area contributed by atoms with Crippen molar-refractivity contribution in [1.29, 1.82) is 0 Å². The molecule has 4 rings (SSSR count). The fourth-order valence-corrected chi connectivity index (χ4v) is 5.55. The molecule has 1 saturated heterocycles. The van der Waals surface area contributed by atoms with Gasteiger partial charge >= 0.3 is 0 Å². The molecule has 3 aromatic rings. The van der Waals surface area contributed by atoms with Gasteiger partial charge in [0.15, 0.2) is 6.29 Å². The van der Waals surface area contributed by atoms with Gasteiger partial charge < -0.3 is 35.0 Å². The number of nitrogens with zero attached hydrogens (tertiary/aromatic N) is 1. The van der Waals surface area contributed by atoms with Crippen LogP contribution in [0.4, 0.5) is 5.69 Å². The Balaban J connectivity index is 1.39. The van der Waals surface area contributed by atoms with Gasteiger partial charge in [-0.3, -0.25) is 14.8 Å². The molecule has 4 atom stereocenters. The standard InChI is InChI=1S/C35H45N3O8/c1-38(22-31(41)26-8-7-11-29(40)19-26)21-30-20-32(25-16-14-24(23-39)15-17-25)46-35(45-30)27-9-6-10-28(18-27)36-33(42)12-4-2-3-5-13-34(43)37-44/h6-11,14-19,30-32,35,39-41,44H,2-5,12-13,20-23H2,1H3,(H,36,42)(H,37,43). The Bertz CT molecular complexity index is 1400. The van der Waals surface area contributed by atoms with Crippen molar-refractivity contribution in [3.05, 3.63) is 95.1 Å². The number of anilines is 1. The number of hydroxylamine groups is 1. The number of amides is 2. The zero-order valence-electron chi connectivity index (χ0n) is 26.2. The smallest absolute Gasteiger partial charge is 0.243 e.